The van der Waals surface area contributed by atoms with Gasteiger partial charge in [-0.25, -0.2) is 0 Å². The summed E-state index contributed by atoms with van der Waals surface area (Å²) in [4.78, 5) is 8.61. The first kappa shape index (κ1) is 12.8. The topological polar surface area (TPSA) is 16.1 Å². The van der Waals surface area contributed by atoms with E-state index in [1.165, 1.54) is 42.8 Å². The summed E-state index contributed by atoms with van der Waals surface area (Å²) >= 11 is 1.89. The summed E-state index contributed by atoms with van der Waals surface area (Å²) in [5, 5.41) is 2.19. The molecule has 3 heterocycles. The number of nitrogens with zero attached hydrogens (tertiary/aromatic N) is 2. The normalized spacial score (nSPS) is 21.2. The van der Waals surface area contributed by atoms with Crippen molar-refractivity contribution in [2.75, 3.05) is 6.54 Å². The molecule has 3 heteroatoms. The first-order chi connectivity index (χ1) is 9.43. The molecule has 1 fully saturated rings. The van der Waals surface area contributed by atoms with Gasteiger partial charge in [0.1, 0.15) is 0 Å². The third-order valence-electron chi connectivity index (χ3n) is 3.83. The average molecular weight is 272 g/mol. The maximum Gasteiger partial charge on any atom is 0.0544 e. The maximum atomic E-state index is 4.48. The van der Waals surface area contributed by atoms with Gasteiger partial charge in [-0.05, 0) is 43.0 Å². The lowest BCUT2D eigenvalue weighted by Gasteiger charge is -2.28. The van der Waals surface area contributed by atoms with E-state index in [9.17, 15) is 0 Å². The van der Waals surface area contributed by atoms with Crippen molar-refractivity contribution in [2.24, 2.45) is 0 Å². The van der Waals surface area contributed by atoms with E-state index in [1.807, 2.05) is 23.6 Å². The highest BCUT2D eigenvalue weighted by Gasteiger charge is 2.23. The smallest absolute Gasteiger partial charge is 0.0544 e. The summed E-state index contributed by atoms with van der Waals surface area (Å²) in [5.74, 6) is 0. The fourth-order valence-corrected chi connectivity index (χ4v) is 3.76. The Morgan fingerprint density at radius 2 is 2.16 bits per heavy atom. The van der Waals surface area contributed by atoms with Gasteiger partial charge in [-0.3, -0.25) is 9.88 Å². The van der Waals surface area contributed by atoms with Gasteiger partial charge in [0.15, 0.2) is 0 Å². The van der Waals surface area contributed by atoms with Crippen molar-refractivity contribution in [3.63, 3.8) is 0 Å². The minimum atomic E-state index is 0.588. The van der Waals surface area contributed by atoms with Crippen LogP contribution in [0.25, 0.3) is 0 Å². The molecule has 0 radical (unpaired) electrons. The molecule has 0 bridgehead atoms. The van der Waals surface area contributed by atoms with Gasteiger partial charge in [0.2, 0.25) is 0 Å². The molecular formula is C16H20N2S. The lowest BCUT2D eigenvalue weighted by atomic mass is 10.1. The van der Waals surface area contributed by atoms with Gasteiger partial charge in [0, 0.05) is 23.7 Å². The van der Waals surface area contributed by atoms with Crippen molar-refractivity contribution in [3.05, 3.63) is 52.5 Å². The van der Waals surface area contributed by atoms with E-state index < -0.39 is 0 Å². The van der Waals surface area contributed by atoms with E-state index in [0.29, 0.717) is 6.04 Å². The van der Waals surface area contributed by atoms with Crippen LogP contribution in [-0.4, -0.2) is 16.4 Å². The zero-order valence-corrected chi connectivity index (χ0v) is 12.0. The van der Waals surface area contributed by atoms with Crippen LogP contribution in [0.1, 0.15) is 42.3 Å². The molecule has 0 spiro atoms. The lowest BCUT2D eigenvalue weighted by Crippen LogP contribution is -2.28. The van der Waals surface area contributed by atoms with Gasteiger partial charge in [0.05, 0.1) is 5.69 Å². The van der Waals surface area contributed by atoms with Crippen molar-refractivity contribution >= 4 is 11.3 Å². The van der Waals surface area contributed by atoms with Crippen LogP contribution < -0.4 is 0 Å². The molecule has 0 saturated carbocycles. The SMILES string of the molecule is c1ccc(CN2CCCCC[C@H]2c2cccs2)nc1. The van der Waals surface area contributed by atoms with Crippen molar-refractivity contribution < 1.29 is 0 Å². The predicted molar refractivity (Wildman–Crippen MR) is 80.2 cm³/mol. The maximum absolute atomic E-state index is 4.48. The zero-order chi connectivity index (χ0) is 12.9. The summed E-state index contributed by atoms with van der Waals surface area (Å²) in [6.45, 7) is 2.17. The molecule has 3 rings (SSSR count). The minimum absolute atomic E-state index is 0.588. The third-order valence-corrected chi connectivity index (χ3v) is 4.80. The van der Waals surface area contributed by atoms with Crippen LogP contribution in [0, 0.1) is 0 Å². The van der Waals surface area contributed by atoms with Crippen LogP contribution in [0.5, 0.6) is 0 Å². The summed E-state index contributed by atoms with van der Waals surface area (Å²) in [6.07, 6.45) is 7.21. The molecule has 1 aliphatic heterocycles. The zero-order valence-electron chi connectivity index (χ0n) is 11.2. The number of likely N-dealkylation sites (tertiary alicyclic amines) is 1. The fourth-order valence-electron chi connectivity index (χ4n) is 2.86. The Morgan fingerprint density at radius 3 is 2.95 bits per heavy atom. The summed E-state index contributed by atoms with van der Waals surface area (Å²) in [6, 6.07) is 11.2. The molecule has 0 aromatic carbocycles. The summed E-state index contributed by atoms with van der Waals surface area (Å²) < 4.78 is 0. The Bertz CT molecular complexity index is 481. The minimum Gasteiger partial charge on any atom is -0.290 e. The van der Waals surface area contributed by atoms with Crippen LogP contribution in [0.2, 0.25) is 0 Å². The van der Waals surface area contributed by atoms with E-state index in [-0.39, 0.29) is 0 Å². The molecular weight excluding hydrogens is 252 g/mol. The van der Waals surface area contributed by atoms with Crippen molar-refractivity contribution in [1.29, 1.82) is 0 Å². The van der Waals surface area contributed by atoms with Crippen molar-refractivity contribution in [3.8, 4) is 0 Å². The average Bonchev–Trinajstić information content (AvgIpc) is 2.88. The highest BCUT2D eigenvalue weighted by molar-refractivity contribution is 7.10. The number of pyridine rings is 1. The lowest BCUT2D eigenvalue weighted by molar-refractivity contribution is 0.193. The molecule has 0 N–H and O–H groups in total. The Hall–Kier alpha value is -1.19. The predicted octanol–water partition coefficient (Wildman–Crippen LogP) is 4.26. The van der Waals surface area contributed by atoms with Crippen molar-refractivity contribution in [2.45, 2.75) is 38.3 Å². The van der Waals surface area contributed by atoms with Crippen LogP contribution in [0.3, 0.4) is 0 Å². The highest BCUT2D eigenvalue weighted by atomic mass is 32.1. The van der Waals surface area contributed by atoms with Gasteiger partial charge in [-0.2, -0.15) is 0 Å². The second-order valence-electron chi connectivity index (χ2n) is 5.17. The molecule has 1 atom stereocenters. The number of hydrogen-bond acceptors (Lipinski definition) is 3. The summed E-state index contributed by atoms with van der Waals surface area (Å²) in [7, 11) is 0. The van der Waals surface area contributed by atoms with E-state index in [4.69, 9.17) is 0 Å². The Kier molecular flexibility index (Phi) is 4.26. The Labute approximate surface area is 119 Å². The molecule has 100 valence electrons. The van der Waals surface area contributed by atoms with Crippen LogP contribution in [0.15, 0.2) is 41.9 Å². The molecule has 2 aromatic heterocycles. The van der Waals surface area contributed by atoms with Crippen LogP contribution >= 0.6 is 11.3 Å². The summed E-state index contributed by atoms with van der Waals surface area (Å²) in [5.41, 5.74) is 1.19. The van der Waals surface area contributed by atoms with Gasteiger partial charge < -0.3 is 0 Å². The van der Waals surface area contributed by atoms with E-state index in [1.54, 1.807) is 0 Å². The van der Waals surface area contributed by atoms with E-state index in [0.717, 1.165) is 6.54 Å². The first-order valence-corrected chi connectivity index (χ1v) is 7.99. The fraction of sp³-hybridized carbons (Fsp3) is 0.438. The highest BCUT2D eigenvalue weighted by Crippen LogP contribution is 2.33. The van der Waals surface area contributed by atoms with Gasteiger partial charge in [0.25, 0.3) is 0 Å². The number of hydrogen-bond donors (Lipinski definition) is 0. The molecule has 1 aliphatic rings. The molecule has 0 unspecified atom stereocenters. The first-order valence-electron chi connectivity index (χ1n) is 7.11. The van der Waals surface area contributed by atoms with E-state index in [2.05, 4.69) is 39.5 Å². The number of rotatable bonds is 3. The molecule has 2 nitrogen and oxygen atoms in total. The Balaban J connectivity index is 1.79. The van der Waals surface area contributed by atoms with Gasteiger partial charge in [-0.1, -0.05) is 25.0 Å². The monoisotopic (exact) mass is 272 g/mol. The molecule has 0 amide bonds. The number of aromatic nitrogens is 1. The Morgan fingerprint density at radius 1 is 1.16 bits per heavy atom. The second-order valence-corrected chi connectivity index (χ2v) is 6.15. The van der Waals surface area contributed by atoms with Crippen LogP contribution in [-0.2, 0) is 6.54 Å². The van der Waals surface area contributed by atoms with E-state index >= 15 is 0 Å². The number of thiophene rings is 1. The third kappa shape index (κ3) is 3.23. The van der Waals surface area contributed by atoms with Gasteiger partial charge in [-0.15, -0.1) is 11.3 Å². The van der Waals surface area contributed by atoms with Gasteiger partial charge >= 0.3 is 0 Å². The molecule has 0 aliphatic carbocycles. The van der Waals surface area contributed by atoms with Crippen LogP contribution in [0.4, 0.5) is 0 Å². The standard InChI is InChI=1S/C16H20N2S/c1-2-8-15(16-9-6-12-19-16)18(11-5-1)13-14-7-3-4-10-17-14/h3-4,6-7,9-10,12,15H,1-2,5,8,11,13H2/t15-/m0/s1. The second kappa shape index (κ2) is 6.31. The molecule has 2 aromatic rings. The molecule has 19 heavy (non-hydrogen) atoms. The molecule has 1 saturated heterocycles. The quantitative estimate of drug-likeness (QED) is 0.830. The largest absolute Gasteiger partial charge is 0.290 e. The van der Waals surface area contributed by atoms with Crippen molar-refractivity contribution in [1.82, 2.24) is 9.88 Å².